The molecule has 2 N–H and O–H groups in total. The molecule has 0 aliphatic carbocycles. The van der Waals surface area contributed by atoms with E-state index in [0.29, 0.717) is 22.5 Å². The van der Waals surface area contributed by atoms with Gasteiger partial charge in [0.15, 0.2) is 0 Å². The van der Waals surface area contributed by atoms with Gasteiger partial charge < -0.3 is 5.32 Å². The second kappa shape index (κ2) is 7.63. The highest BCUT2D eigenvalue weighted by Gasteiger charge is 2.18. The van der Waals surface area contributed by atoms with Gasteiger partial charge in [0.1, 0.15) is 0 Å². The summed E-state index contributed by atoms with van der Waals surface area (Å²) >= 11 is 0. The highest BCUT2D eigenvalue weighted by molar-refractivity contribution is 7.92. The molecule has 3 aromatic carbocycles. The lowest BCUT2D eigenvalue weighted by molar-refractivity contribution is 0.102. The van der Waals surface area contributed by atoms with Crippen LogP contribution in [0.2, 0.25) is 0 Å². The molecule has 0 fully saturated rings. The predicted octanol–water partition coefficient (Wildman–Crippen LogP) is 4.36. The third kappa shape index (κ3) is 4.54. The van der Waals surface area contributed by atoms with Gasteiger partial charge in [-0.3, -0.25) is 9.52 Å². The van der Waals surface area contributed by atoms with E-state index >= 15 is 0 Å². The van der Waals surface area contributed by atoms with E-state index in [1.165, 1.54) is 6.07 Å². The summed E-state index contributed by atoms with van der Waals surface area (Å²) in [6.07, 6.45) is 0. The van der Waals surface area contributed by atoms with Crippen molar-refractivity contribution in [3.63, 3.8) is 0 Å². The summed E-state index contributed by atoms with van der Waals surface area (Å²) in [5, 5.41) is 2.78. The van der Waals surface area contributed by atoms with Gasteiger partial charge in [-0.1, -0.05) is 36.4 Å². The van der Waals surface area contributed by atoms with Crippen molar-refractivity contribution in [2.75, 3.05) is 10.0 Å². The first-order valence-corrected chi connectivity index (χ1v) is 9.90. The Kier molecular flexibility index (Phi) is 5.28. The van der Waals surface area contributed by atoms with Crippen molar-refractivity contribution in [3.8, 4) is 0 Å². The minimum Gasteiger partial charge on any atom is -0.322 e. The minimum absolute atomic E-state index is 0.224. The van der Waals surface area contributed by atoms with E-state index in [1.807, 2.05) is 31.2 Å². The fraction of sp³-hybridized carbons (Fsp3) is 0.0952. The standard InChI is InChI=1S/C21H20N2O3S/c1-15-11-12-16(2)20(13-15)27(25,26)23-19-10-6-7-17(14-19)21(24)22-18-8-4-3-5-9-18/h3-14,23H,1-2H3,(H,22,24). The third-order valence-corrected chi connectivity index (χ3v) is 5.57. The number of aryl methyl sites for hydroxylation is 2. The zero-order valence-corrected chi connectivity index (χ0v) is 15.9. The maximum atomic E-state index is 12.7. The van der Waals surface area contributed by atoms with Crippen LogP contribution in [0.4, 0.5) is 11.4 Å². The van der Waals surface area contributed by atoms with E-state index in [0.717, 1.165) is 5.56 Å². The molecule has 0 heterocycles. The van der Waals surface area contributed by atoms with Crippen molar-refractivity contribution in [2.45, 2.75) is 18.7 Å². The van der Waals surface area contributed by atoms with Crippen LogP contribution in [0, 0.1) is 13.8 Å². The van der Waals surface area contributed by atoms with Gasteiger partial charge in [-0.2, -0.15) is 0 Å². The maximum Gasteiger partial charge on any atom is 0.262 e. The number of carbonyl (C=O) groups is 1. The first-order valence-electron chi connectivity index (χ1n) is 8.42. The van der Waals surface area contributed by atoms with E-state index in [4.69, 9.17) is 0 Å². The first kappa shape index (κ1) is 18.7. The van der Waals surface area contributed by atoms with Crippen LogP contribution in [-0.2, 0) is 10.0 Å². The first-order chi connectivity index (χ1) is 12.8. The number of nitrogens with one attached hydrogen (secondary N) is 2. The van der Waals surface area contributed by atoms with Crippen molar-refractivity contribution >= 4 is 27.3 Å². The van der Waals surface area contributed by atoms with E-state index in [1.54, 1.807) is 49.4 Å². The number of anilines is 2. The summed E-state index contributed by atoms with van der Waals surface area (Å²) in [5.74, 6) is -0.311. The average Bonchev–Trinajstić information content (AvgIpc) is 2.64. The van der Waals surface area contributed by atoms with Gasteiger partial charge in [-0.05, 0) is 61.4 Å². The van der Waals surface area contributed by atoms with Crippen LogP contribution in [0.1, 0.15) is 21.5 Å². The number of para-hydroxylation sites is 1. The van der Waals surface area contributed by atoms with Gasteiger partial charge in [-0.25, -0.2) is 8.42 Å². The Morgan fingerprint density at radius 1 is 0.815 bits per heavy atom. The lowest BCUT2D eigenvalue weighted by Crippen LogP contribution is -2.16. The fourth-order valence-electron chi connectivity index (χ4n) is 2.66. The van der Waals surface area contributed by atoms with E-state index in [2.05, 4.69) is 10.0 Å². The molecule has 0 saturated heterocycles. The Balaban J connectivity index is 1.83. The average molecular weight is 380 g/mol. The summed E-state index contributed by atoms with van der Waals surface area (Å²) in [4.78, 5) is 12.6. The highest BCUT2D eigenvalue weighted by atomic mass is 32.2. The van der Waals surface area contributed by atoms with Crippen LogP contribution in [-0.4, -0.2) is 14.3 Å². The van der Waals surface area contributed by atoms with Gasteiger partial charge in [0.05, 0.1) is 4.90 Å². The molecule has 0 aromatic heterocycles. The van der Waals surface area contributed by atoms with Gasteiger partial charge in [0.2, 0.25) is 0 Å². The number of benzene rings is 3. The van der Waals surface area contributed by atoms with Crippen molar-refractivity contribution in [3.05, 3.63) is 89.5 Å². The van der Waals surface area contributed by atoms with Gasteiger partial charge >= 0.3 is 0 Å². The molecule has 0 saturated carbocycles. The molecular formula is C21H20N2O3S. The van der Waals surface area contributed by atoms with Crippen LogP contribution < -0.4 is 10.0 Å². The van der Waals surface area contributed by atoms with E-state index in [-0.39, 0.29) is 10.8 Å². The van der Waals surface area contributed by atoms with Gasteiger partial charge in [0, 0.05) is 16.9 Å². The topological polar surface area (TPSA) is 75.3 Å². The predicted molar refractivity (Wildman–Crippen MR) is 108 cm³/mol. The van der Waals surface area contributed by atoms with Crippen LogP contribution >= 0.6 is 0 Å². The quantitative estimate of drug-likeness (QED) is 0.691. The zero-order valence-electron chi connectivity index (χ0n) is 15.1. The summed E-state index contributed by atoms with van der Waals surface area (Å²) < 4.78 is 28.0. The SMILES string of the molecule is Cc1ccc(C)c(S(=O)(=O)Nc2cccc(C(=O)Nc3ccccc3)c2)c1. The van der Waals surface area contributed by atoms with Gasteiger partial charge in [-0.15, -0.1) is 0 Å². The summed E-state index contributed by atoms with van der Waals surface area (Å²) in [6, 6.07) is 20.7. The Hall–Kier alpha value is -3.12. The molecule has 5 nitrogen and oxygen atoms in total. The number of rotatable bonds is 5. The number of hydrogen-bond acceptors (Lipinski definition) is 3. The normalized spacial score (nSPS) is 11.0. The number of hydrogen-bond donors (Lipinski definition) is 2. The largest absolute Gasteiger partial charge is 0.322 e. The smallest absolute Gasteiger partial charge is 0.262 e. The molecule has 0 aliphatic rings. The summed E-state index contributed by atoms with van der Waals surface area (Å²) in [6.45, 7) is 3.59. The van der Waals surface area contributed by atoms with E-state index in [9.17, 15) is 13.2 Å². The Morgan fingerprint density at radius 2 is 1.52 bits per heavy atom. The van der Waals surface area contributed by atoms with Crippen LogP contribution in [0.25, 0.3) is 0 Å². The Morgan fingerprint density at radius 3 is 2.26 bits per heavy atom. The molecule has 0 unspecified atom stereocenters. The van der Waals surface area contributed by atoms with Crippen LogP contribution in [0.3, 0.4) is 0 Å². The lowest BCUT2D eigenvalue weighted by atomic mass is 10.2. The molecule has 1 amide bonds. The molecular weight excluding hydrogens is 360 g/mol. The van der Waals surface area contributed by atoms with Crippen molar-refractivity contribution in [1.82, 2.24) is 0 Å². The Labute approximate surface area is 159 Å². The molecule has 0 spiro atoms. The molecule has 0 aliphatic heterocycles. The Bertz CT molecular complexity index is 1080. The minimum atomic E-state index is -3.75. The molecule has 27 heavy (non-hydrogen) atoms. The molecule has 0 bridgehead atoms. The summed E-state index contributed by atoms with van der Waals surface area (Å²) in [5.41, 5.74) is 2.88. The van der Waals surface area contributed by atoms with Crippen LogP contribution in [0.5, 0.6) is 0 Å². The summed E-state index contributed by atoms with van der Waals surface area (Å²) in [7, 11) is -3.75. The molecule has 3 aromatic rings. The number of sulfonamides is 1. The second-order valence-electron chi connectivity index (χ2n) is 6.28. The molecule has 3 rings (SSSR count). The number of amides is 1. The van der Waals surface area contributed by atoms with Crippen molar-refractivity contribution in [1.29, 1.82) is 0 Å². The van der Waals surface area contributed by atoms with Gasteiger partial charge in [0.25, 0.3) is 15.9 Å². The zero-order chi connectivity index (χ0) is 19.4. The monoisotopic (exact) mass is 380 g/mol. The third-order valence-electron chi connectivity index (χ3n) is 4.04. The highest BCUT2D eigenvalue weighted by Crippen LogP contribution is 2.21. The molecule has 138 valence electrons. The van der Waals surface area contributed by atoms with Crippen molar-refractivity contribution < 1.29 is 13.2 Å². The molecule has 0 atom stereocenters. The molecule has 0 radical (unpaired) electrons. The second-order valence-corrected chi connectivity index (χ2v) is 7.93. The van der Waals surface area contributed by atoms with E-state index < -0.39 is 10.0 Å². The number of carbonyl (C=O) groups excluding carboxylic acids is 1. The van der Waals surface area contributed by atoms with Crippen LogP contribution in [0.15, 0.2) is 77.7 Å². The fourth-order valence-corrected chi connectivity index (χ4v) is 4.04. The lowest BCUT2D eigenvalue weighted by Gasteiger charge is -2.12. The molecule has 6 heteroatoms. The maximum absolute atomic E-state index is 12.7. The van der Waals surface area contributed by atoms with Crippen molar-refractivity contribution in [2.24, 2.45) is 0 Å².